The van der Waals surface area contributed by atoms with Crippen LogP contribution in [0.5, 0.6) is 5.75 Å². The number of nitrogens with two attached hydrogens (primary N) is 1. The van der Waals surface area contributed by atoms with Gasteiger partial charge in [0.25, 0.3) is 0 Å². The molecule has 0 bridgehead atoms. The summed E-state index contributed by atoms with van der Waals surface area (Å²) in [5, 5.41) is 14.2. The highest BCUT2D eigenvalue weighted by Crippen LogP contribution is 2.57. The minimum atomic E-state index is -1.14. The molecule has 5 heterocycles. The van der Waals surface area contributed by atoms with Crippen molar-refractivity contribution in [3.8, 4) is 5.75 Å². The zero-order valence-corrected chi connectivity index (χ0v) is 33.1. The molecule has 8 rings (SSSR count). The number of hydrogen-bond donors (Lipinski definition) is 3. The third kappa shape index (κ3) is 6.30. The number of allylic oxidation sites excluding steroid dienone is 2. The van der Waals surface area contributed by atoms with Gasteiger partial charge in [-0.1, -0.05) is 58.6 Å². The maximum Gasteiger partial charge on any atom is 0.340 e. The number of benzene rings is 1. The smallest absolute Gasteiger partial charge is 0.340 e. The quantitative estimate of drug-likeness (QED) is 0.103. The van der Waals surface area contributed by atoms with Crippen molar-refractivity contribution in [1.29, 1.82) is 0 Å². The summed E-state index contributed by atoms with van der Waals surface area (Å²) in [6.07, 6.45) is 13.4. The molecule has 4 atom stereocenters. The highest BCUT2D eigenvalue weighted by Gasteiger charge is 2.64. The summed E-state index contributed by atoms with van der Waals surface area (Å²) < 4.78 is 20.0. The highest BCUT2D eigenvalue weighted by molar-refractivity contribution is 8.76. The second-order valence-corrected chi connectivity index (χ2v) is 18.7. The van der Waals surface area contributed by atoms with Gasteiger partial charge in [0, 0.05) is 78.1 Å². The third-order valence-electron chi connectivity index (χ3n) is 13.1. The Hall–Kier alpha value is -3.61. The third-order valence-corrected chi connectivity index (χ3v) is 15.5. The van der Waals surface area contributed by atoms with Gasteiger partial charge in [-0.3, -0.25) is 4.79 Å². The molecule has 2 aromatic rings. The highest BCUT2D eigenvalue weighted by atomic mass is 33.1. The van der Waals surface area contributed by atoms with Gasteiger partial charge in [-0.15, -0.1) is 0 Å². The average Bonchev–Trinajstić information content (AvgIpc) is 3.51. The zero-order chi connectivity index (χ0) is 37.8. The lowest BCUT2D eigenvalue weighted by molar-refractivity contribution is -0.186. The minimum Gasteiger partial charge on any atom is -0.481 e. The van der Waals surface area contributed by atoms with Crippen LogP contribution in [0.15, 0.2) is 73.8 Å². The maximum absolute atomic E-state index is 13.9. The van der Waals surface area contributed by atoms with Crippen molar-refractivity contribution < 1.29 is 28.6 Å². The van der Waals surface area contributed by atoms with E-state index in [2.05, 4.69) is 17.5 Å². The number of aliphatic hydroxyl groups is 1. The van der Waals surface area contributed by atoms with Gasteiger partial charge < -0.3 is 34.9 Å². The molecule has 1 spiro atoms. The van der Waals surface area contributed by atoms with Crippen LogP contribution < -0.4 is 21.4 Å². The number of nitrogens with zero attached hydrogens (tertiary/aromatic N) is 1. The summed E-state index contributed by atoms with van der Waals surface area (Å²) in [6.45, 7) is 6.75. The van der Waals surface area contributed by atoms with Gasteiger partial charge in [0.2, 0.25) is 5.91 Å². The van der Waals surface area contributed by atoms with E-state index in [4.69, 9.17) is 19.6 Å². The monoisotopic (exact) mass is 773 g/mol. The molecule has 6 aliphatic rings. The summed E-state index contributed by atoms with van der Waals surface area (Å²) in [5.41, 5.74) is 9.00. The van der Waals surface area contributed by atoms with E-state index in [1.165, 1.54) is 0 Å². The van der Waals surface area contributed by atoms with Crippen LogP contribution in [0.4, 0.5) is 0 Å². The van der Waals surface area contributed by atoms with Gasteiger partial charge in [-0.25, -0.2) is 9.59 Å². The lowest BCUT2D eigenvalue weighted by Gasteiger charge is -2.53. The summed E-state index contributed by atoms with van der Waals surface area (Å²) in [4.78, 5) is 43.3. The Morgan fingerprint density at radius 2 is 2.00 bits per heavy atom. The van der Waals surface area contributed by atoms with Crippen molar-refractivity contribution >= 4 is 44.4 Å². The molecule has 1 saturated heterocycles. The molecule has 12 heteroatoms. The van der Waals surface area contributed by atoms with Crippen LogP contribution in [0, 0.1) is 5.92 Å². The first-order chi connectivity index (χ1) is 26.0. The molecule has 54 heavy (non-hydrogen) atoms. The molecule has 1 aromatic heterocycles. The predicted octanol–water partition coefficient (Wildman–Crippen LogP) is 6.35. The van der Waals surface area contributed by atoms with Gasteiger partial charge in [-0.05, 0) is 81.4 Å². The van der Waals surface area contributed by atoms with E-state index >= 15 is 0 Å². The van der Waals surface area contributed by atoms with Crippen molar-refractivity contribution in [3.05, 3.63) is 86.1 Å². The maximum atomic E-state index is 13.9. The van der Waals surface area contributed by atoms with Gasteiger partial charge in [0.1, 0.15) is 11.3 Å². The second kappa shape index (κ2) is 14.5. The number of fused-ring (bicyclic) bond motifs is 6. The number of aliphatic hydroxyl groups excluding tert-OH is 1. The Labute approximate surface area is 324 Å². The van der Waals surface area contributed by atoms with E-state index in [0.717, 1.165) is 84.2 Å². The molecule has 1 aromatic carbocycles. The summed E-state index contributed by atoms with van der Waals surface area (Å²) in [7, 11) is 3.58. The van der Waals surface area contributed by atoms with E-state index in [-0.39, 0.29) is 30.6 Å². The normalized spacial score (nSPS) is 29.6. The molecule has 288 valence electrons. The number of hydrogen-bond acceptors (Lipinski definition) is 11. The number of ether oxygens (including phenoxy) is 2. The van der Waals surface area contributed by atoms with Gasteiger partial charge >= 0.3 is 11.6 Å². The van der Waals surface area contributed by atoms with E-state index in [0.29, 0.717) is 54.1 Å². The van der Waals surface area contributed by atoms with E-state index in [1.807, 2.05) is 37.0 Å². The molecule has 1 saturated carbocycles. The molecule has 4 N–H and O–H groups in total. The van der Waals surface area contributed by atoms with Gasteiger partial charge in [0.15, 0.2) is 11.2 Å². The molecule has 2 fully saturated rings. The topological polar surface area (TPSA) is 144 Å². The largest absolute Gasteiger partial charge is 0.481 e. The number of carbonyl (C=O) groups is 2. The molecule has 4 aliphatic heterocycles. The van der Waals surface area contributed by atoms with Gasteiger partial charge in [-0.2, -0.15) is 0 Å². The van der Waals surface area contributed by atoms with E-state index < -0.39 is 28.5 Å². The molecular weight excluding hydrogens is 723 g/mol. The molecular formula is C42H51N3O7S2. The Balaban J connectivity index is 1.29. The van der Waals surface area contributed by atoms with Crippen LogP contribution in [0.25, 0.3) is 11.0 Å². The summed E-state index contributed by atoms with van der Waals surface area (Å²) in [6, 6.07) is 6.10. The lowest BCUT2D eigenvalue weighted by Crippen LogP contribution is -2.65. The van der Waals surface area contributed by atoms with Crippen molar-refractivity contribution in [2.45, 2.75) is 108 Å². The Morgan fingerprint density at radius 1 is 1.19 bits per heavy atom. The van der Waals surface area contributed by atoms with Crippen molar-refractivity contribution in [2.75, 3.05) is 31.2 Å². The Bertz CT molecular complexity index is 2060. The van der Waals surface area contributed by atoms with Crippen LogP contribution in [0.3, 0.4) is 0 Å². The summed E-state index contributed by atoms with van der Waals surface area (Å²) in [5.74, 6) is 1.97. The average molecular weight is 774 g/mol. The predicted molar refractivity (Wildman–Crippen MR) is 213 cm³/mol. The number of esters is 1. The first kappa shape index (κ1) is 37.3. The summed E-state index contributed by atoms with van der Waals surface area (Å²) >= 11 is 0. The SMILES string of the molecule is C/C=C(\C)C(=O)O[C@]1(C)CC=C2CSSC[C@H]3CCN3C(=O)CC3=C(C=C(N)NC3)[C@@H]2[C@]12Cc1cc3cc(C4(CCO)CCCCC4)c(=O)oc3cc1O2. The van der Waals surface area contributed by atoms with Crippen LogP contribution in [-0.4, -0.2) is 70.3 Å². The second-order valence-electron chi connectivity index (χ2n) is 16.2. The van der Waals surface area contributed by atoms with Crippen molar-refractivity contribution in [1.82, 2.24) is 10.2 Å². The molecule has 2 aliphatic carbocycles. The van der Waals surface area contributed by atoms with Crippen LogP contribution in [0.2, 0.25) is 0 Å². The first-order valence-electron chi connectivity index (χ1n) is 19.4. The number of carbonyl (C=O) groups excluding carboxylic acids is 2. The van der Waals surface area contributed by atoms with Crippen molar-refractivity contribution in [2.24, 2.45) is 11.7 Å². The Kier molecular flexibility index (Phi) is 10.0. The molecule has 1 amide bonds. The minimum absolute atomic E-state index is 0.00653. The Morgan fingerprint density at radius 3 is 2.74 bits per heavy atom. The van der Waals surface area contributed by atoms with Crippen molar-refractivity contribution in [3.63, 3.8) is 0 Å². The standard InChI is InChI=1S/C42H51N3O7S2/c1-4-25(2)38(48)52-40(3)12-8-26-23-53-54-24-30-9-14-45(30)36(47)18-29-22-44-35(43)19-31(29)37(26)42(40)21-28-16-27-17-32(39(49)50-33(27)20-34(28)51-42)41(13-15-46)10-6-5-7-11-41/h4,8,16-17,19-20,30,37,44,46H,5-7,9-15,18,21-24,43H2,1-3H3/b25-4+/t30-,37-,40-,42-/m1/s1. The molecule has 10 nitrogen and oxygen atoms in total. The molecule has 0 unspecified atom stereocenters. The van der Waals surface area contributed by atoms with Crippen LogP contribution in [0.1, 0.15) is 89.7 Å². The van der Waals surface area contributed by atoms with E-state index in [9.17, 15) is 19.5 Å². The fourth-order valence-corrected chi connectivity index (χ4v) is 12.3. The molecule has 0 radical (unpaired) electrons. The number of amides is 1. The van der Waals surface area contributed by atoms with Gasteiger partial charge in [0.05, 0.1) is 18.2 Å². The fraction of sp³-hybridized carbons (Fsp3) is 0.548. The zero-order valence-electron chi connectivity index (χ0n) is 31.5. The number of dihydropyridines is 1. The van der Waals surface area contributed by atoms with Crippen LogP contribution >= 0.6 is 21.6 Å². The van der Waals surface area contributed by atoms with E-state index in [1.54, 1.807) is 34.6 Å². The lowest BCUT2D eigenvalue weighted by atomic mass is 9.61. The number of nitrogens with one attached hydrogen (secondary N) is 1. The fourth-order valence-electron chi connectivity index (χ4n) is 9.76. The van der Waals surface area contributed by atoms with Crippen LogP contribution in [-0.2, 0) is 26.2 Å². The first-order valence-corrected chi connectivity index (χ1v) is 21.9. The number of rotatable bonds is 5.